The van der Waals surface area contributed by atoms with Gasteiger partial charge in [-0.15, -0.1) is 0 Å². The van der Waals surface area contributed by atoms with Gasteiger partial charge in [0.2, 0.25) is 0 Å². The summed E-state index contributed by atoms with van der Waals surface area (Å²) in [7, 11) is 0. The van der Waals surface area contributed by atoms with Crippen LogP contribution in [0.4, 0.5) is 5.95 Å². The Balaban J connectivity index is 2.59. The highest BCUT2D eigenvalue weighted by atomic mass is 16.7. The number of carbonyl (C=O) groups excluding carboxylic acids is 2. The maximum absolute atomic E-state index is 11.1. The van der Waals surface area contributed by atoms with Gasteiger partial charge in [-0.2, -0.15) is 5.48 Å². The van der Waals surface area contributed by atoms with Crippen molar-refractivity contribution >= 4 is 17.8 Å². The van der Waals surface area contributed by atoms with Crippen LogP contribution in [0.1, 0.15) is 6.92 Å². The normalized spacial score (nSPS) is 9.56. The minimum atomic E-state index is -0.723. The summed E-state index contributed by atoms with van der Waals surface area (Å²) in [6.45, 7) is 0.754. The van der Waals surface area contributed by atoms with Crippen LogP contribution in [0.3, 0.4) is 0 Å². The molecule has 0 aliphatic carbocycles. The van der Waals surface area contributed by atoms with Crippen molar-refractivity contribution in [2.24, 2.45) is 0 Å². The van der Waals surface area contributed by atoms with Crippen molar-refractivity contribution in [1.29, 1.82) is 0 Å². The number of nitro groups is 1. The van der Waals surface area contributed by atoms with Crippen molar-refractivity contribution in [1.82, 2.24) is 15.0 Å². The van der Waals surface area contributed by atoms with Crippen LogP contribution in [0, 0.1) is 10.1 Å². The van der Waals surface area contributed by atoms with Gasteiger partial charge in [-0.25, -0.2) is 4.57 Å². The Labute approximate surface area is 89.1 Å². The number of nitrogens with zero attached hydrogens (tertiary/aromatic N) is 3. The number of rotatable bonds is 3. The van der Waals surface area contributed by atoms with Crippen molar-refractivity contribution in [3.63, 3.8) is 0 Å². The zero-order chi connectivity index (χ0) is 12.1. The molecular weight excluding hydrogens is 220 g/mol. The molecule has 0 radical (unpaired) electrons. The molecule has 1 heterocycles. The van der Waals surface area contributed by atoms with Crippen LogP contribution in [0.5, 0.6) is 0 Å². The van der Waals surface area contributed by atoms with Gasteiger partial charge in [-0.3, -0.25) is 9.59 Å². The van der Waals surface area contributed by atoms with Gasteiger partial charge in [-0.1, -0.05) is 4.98 Å². The highest BCUT2D eigenvalue weighted by Gasteiger charge is 2.17. The van der Waals surface area contributed by atoms with E-state index < -0.39 is 22.7 Å². The zero-order valence-corrected chi connectivity index (χ0v) is 8.24. The molecule has 0 aromatic carbocycles. The molecule has 1 amide bonds. The Morgan fingerprint density at radius 1 is 1.69 bits per heavy atom. The Morgan fingerprint density at radius 3 is 2.94 bits per heavy atom. The number of nitrogens with one attached hydrogen (secondary N) is 1. The fraction of sp³-hybridized carbons (Fsp3) is 0.286. The molecule has 0 saturated carbocycles. The second kappa shape index (κ2) is 4.87. The number of amides is 1. The molecule has 16 heavy (non-hydrogen) atoms. The number of carbonyl (C=O) groups is 2. The molecule has 0 unspecified atom stereocenters. The van der Waals surface area contributed by atoms with Gasteiger partial charge >= 0.3 is 11.9 Å². The Kier molecular flexibility index (Phi) is 3.53. The minimum Gasteiger partial charge on any atom is -0.390 e. The first-order valence-electron chi connectivity index (χ1n) is 4.12. The Hall–Kier alpha value is -2.45. The Morgan fingerprint density at radius 2 is 2.38 bits per heavy atom. The lowest BCUT2D eigenvalue weighted by atomic mass is 10.6. The maximum atomic E-state index is 11.1. The molecule has 9 heteroatoms. The van der Waals surface area contributed by atoms with Crippen molar-refractivity contribution in [2.45, 2.75) is 13.5 Å². The van der Waals surface area contributed by atoms with Gasteiger partial charge < -0.3 is 15.0 Å². The number of aromatic nitrogens is 2. The van der Waals surface area contributed by atoms with E-state index in [9.17, 15) is 19.7 Å². The van der Waals surface area contributed by atoms with Crippen LogP contribution < -0.4 is 5.48 Å². The Bertz CT molecular complexity index is 426. The first kappa shape index (κ1) is 11.6. The first-order chi connectivity index (χ1) is 7.50. The summed E-state index contributed by atoms with van der Waals surface area (Å²) in [6.07, 6.45) is 2.46. The minimum absolute atomic E-state index is 0.358. The molecule has 0 atom stereocenters. The predicted molar refractivity (Wildman–Crippen MR) is 48.8 cm³/mol. The molecule has 1 N–H and O–H groups in total. The average Bonchev–Trinajstić information content (AvgIpc) is 2.62. The highest BCUT2D eigenvalue weighted by molar-refractivity contribution is 5.77. The van der Waals surface area contributed by atoms with Crippen LogP contribution in [0.2, 0.25) is 0 Å². The van der Waals surface area contributed by atoms with E-state index in [-0.39, 0.29) is 6.54 Å². The third-order valence-corrected chi connectivity index (χ3v) is 1.48. The van der Waals surface area contributed by atoms with Crippen molar-refractivity contribution in [3.8, 4) is 0 Å². The zero-order valence-electron chi connectivity index (χ0n) is 8.24. The van der Waals surface area contributed by atoms with Gasteiger partial charge in [-0.05, 0) is 4.92 Å². The van der Waals surface area contributed by atoms with E-state index in [1.807, 2.05) is 5.48 Å². The SMILES string of the molecule is CC(=O)ONC(=O)Cn1ccnc1[N+](=O)[O-]. The van der Waals surface area contributed by atoms with Gasteiger partial charge in [0.15, 0.2) is 6.54 Å². The highest BCUT2D eigenvalue weighted by Crippen LogP contribution is 2.06. The van der Waals surface area contributed by atoms with Crippen LogP contribution in [0.25, 0.3) is 0 Å². The number of hydroxylamine groups is 1. The molecule has 0 aliphatic heterocycles. The molecular formula is C7H8N4O5. The summed E-state index contributed by atoms with van der Waals surface area (Å²) in [5, 5.41) is 10.4. The van der Waals surface area contributed by atoms with Crippen molar-refractivity contribution in [2.75, 3.05) is 0 Å². The van der Waals surface area contributed by atoms with E-state index in [2.05, 4.69) is 9.82 Å². The summed E-state index contributed by atoms with van der Waals surface area (Å²) in [4.78, 5) is 38.9. The molecule has 0 saturated heterocycles. The monoisotopic (exact) mass is 228 g/mol. The lowest BCUT2D eigenvalue weighted by Crippen LogP contribution is -2.29. The lowest BCUT2D eigenvalue weighted by Gasteiger charge is -2.02. The van der Waals surface area contributed by atoms with Crippen LogP contribution >= 0.6 is 0 Å². The number of hydrogen-bond acceptors (Lipinski definition) is 6. The molecule has 0 spiro atoms. The third kappa shape index (κ3) is 3.04. The van der Waals surface area contributed by atoms with E-state index in [0.29, 0.717) is 0 Å². The van der Waals surface area contributed by atoms with Gasteiger partial charge in [0.05, 0.1) is 0 Å². The maximum Gasteiger partial charge on any atom is 0.435 e. The standard InChI is InChI=1S/C7H8N4O5/c1-5(12)16-9-6(13)4-10-3-2-8-7(10)11(14)15/h2-3H,4H2,1H3,(H,9,13). The van der Waals surface area contributed by atoms with Crippen molar-refractivity contribution < 1.29 is 19.3 Å². The first-order valence-corrected chi connectivity index (χ1v) is 4.12. The lowest BCUT2D eigenvalue weighted by molar-refractivity contribution is -0.396. The van der Waals surface area contributed by atoms with Gasteiger partial charge in [0.25, 0.3) is 5.91 Å². The van der Waals surface area contributed by atoms with Crippen LogP contribution in [-0.4, -0.2) is 26.4 Å². The fourth-order valence-electron chi connectivity index (χ4n) is 0.913. The topological polar surface area (TPSA) is 116 Å². The van der Waals surface area contributed by atoms with Crippen LogP contribution in [0.15, 0.2) is 12.4 Å². The molecule has 0 aliphatic rings. The van der Waals surface area contributed by atoms with Crippen LogP contribution in [-0.2, 0) is 21.0 Å². The summed E-state index contributed by atoms with van der Waals surface area (Å²) < 4.78 is 1.01. The number of hydrogen-bond donors (Lipinski definition) is 1. The molecule has 9 nitrogen and oxygen atoms in total. The van der Waals surface area contributed by atoms with E-state index in [0.717, 1.165) is 11.5 Å². The molecule has 0 bridgehead atoms. The summed E-state index contributed by atoms with van der Waals surface area (Å²) in [5.41, 5.74) is 1.83. The smallest absolute Gasteiger partial charge is 0.390 e. The summed E-state index contributed by atoms with van der Waals surface area (Å²) in [6, 6.07) is 0. The van der Waals surface area contributed by atoms with Gasteiger partial charge in [0, 0.05) is 6.92 Å². The van der Waals surface area contributed by atoms with E-state index in [1.54, 1.807) is 0 Å². The largest absolute Gasteiger partial charge is 0.435 e. The van der Waals surface area contributed by atoms with Crippen molar-refractivity contribution in [3.05, 3.63) is 22.5 Å². The third-order valence-electron chi connectivity index (χ3n) is 1.48. The fourth-order valence-corrected chi connectivity index (χ4v) is 0.913. The summed E-state index contributed by atoms with van der Waals surface area (Å²) >= 11 is 0. The number of imidazole rings is 1. The van der Waals surface area contributed by atoms with E-state index in [4.69, 9.17) is 0 Å². The van der Waals surface area contributed by atoms with E-state index in [1.165, 1.54) is 12.4 Å². The average molecular weight is 228 g/mol. The molecule has 86 valence electrons. The van der Waals surface area contributed by atoms with Gasteiger partial charge in [0.1, 0.15) is 12.4 Å². The second-order valence-electron chi connectivity index (χ2n) is 2.73. The summed E-state index contributed by atoms with van der Waals surface area (Å²) in [5.74, 6) is -1.84. The quantitative estimate of drug-likeness (QED) is 0.544. The second-order valence-corrected chi connectivity index (χ2v) is 2.73. The molecule has 1 rings (SSSR count). The predicted octanol–water partition coefficient (Wildman–Crippen LogP) is -0.614. The van der Waals surface area contributed by atoms with E-state index >= 15 is 0 Å². The molecule has 1 aromatic heterocycles. The molecule has 0 fully saturated rings. The molecule has 1 aromatic rings.